The number of rotatable bonds is 8. The van der Waals surface area contributed by atoms with Crippen LogP contribution >= 0.6 is 0 Å². The summed E-state index contributed by atoms with van der Waals surface area (Å²) in [5.74, 6) is 0.810. The first-order valence-corrected chi connectivity index (χ1v) is 8.64. The molecule has 1 heteroatoms. The third-order valence-corrected chi connectivity index (χ3v) is 4.56. The lowest BCUT2D eigenvalue weighted by atomic mass is 9.98. The van der Waals surface area contributed by atoms with E-state index in [1.807, 2.05) is 0 Å². The van der Waals surface area contributed by atoms with Gasteiger partial charge in [0.05, 0.1) is 12.7 Å². The van der Waals surface area contributed by atoms with Crippen LogP contribution in [0.3, 0.4) is 0 Å². The molecule has 2 atom stereocenters. The van der Waals surface area contributed by atoms with Gasteiger partial charge in [0, 0.05) is 0 Å². The van der Waals surface area contributed by atoms with Crippen LogP contribution in [0.1, 0.15) is 63.0 Å². The van der Waals surface area contributed by atoms with Gasteiger partial charge in [-0.3, -0.25) is 0 Å². The van der Waals surface area contributed by atoms with Crippen LogP contribution in [-0.4, -0.2) is 12.7 Å². The van der Waals surface area contributed by atoms with E-state index < -0.39 is 0 Å². The molecule has 0 N–H and O–H groups in total. The molecule has 1 saturated carbocycles. The largest absolute Gasteiger partial charge is 0.374 e. The lowest BCUT2D eigenvalue weighted by Gasteiger charge is -2.19. The minimum Gasteiger partial charge on any atom is -0.374 e. The number of benzene rings is 1. The SMILES string of the molecule is CCCCC[C@H]1CCC[C@H]1OC/C=C/c1ccc(C)cc1. The molecule has 0 spiro atoms. The number of hydrogen-bond acceptors (Lipinski definition) is 1. The molecule has 1 nitrogen and oxygen atoms in total. The van der Waals surface area contributed by atoms with Crippen molar-refractivity contribution in [2.75, 3.05) is 6.61 Å². The van der Waals surface area contributed by atoms with E-state index in [1.165, 1.54) is 56.1 Å². The zero-order chi connectivity index (χ0) is 14.9. The van der Waals surface area contributed by atoms with Gasteiger partial charge >= 0.3 is 0 Å². The smallest absolute Gasteiger partial charge is 0.0654 e. The Morgan fingerprint density at radius 1 is 1.14 bits per heavy atom. The van der Waals surface area contributed by atoms with Crippen molar-refractivity contribution in [3.05, 3.63) is 41.5 Å². The third-order valence-electron chi connectivity index (χ3n) is 4.56. The number of ether oxygens (including phenoxy) is 1. The van der Waals surface area contributed by atoms with E-state index >= 15 is 0 Å². The summed E-state index contributed by atoms with van der Waals surface area (Å²) in [6, 6.07) is 8.63. The van der Waals surface area contributed by atoms with Crippen LogP contribution < -0.4 is 0 Å². The molecular formula is C20H30O. The Balaban J connectivity index is 1.70. The van der Waals surface area contributed by atoms with Crippen molar-refractivity contribution in [3.8, 4) is 0 Å². The van der Waals surface area contributed by atoms with Gasteiger partial charge in [0.25, 0.3) is 0 Å². The van der Waals surface area contributed by atoms with Crippen molar-refractivity contribution in [1.82, 2.24) is 0 Å². The van der Waals surface area contributed by atoms with Crippen LogP contribution in [0.4, 0.5) is 0 Å². The highest BCUT2D eigenvalue weighted by atomic mass is 16.5. The van der Waals surface area contributed by atoms with Crippen LogP contribution in [0.15, 0.2) is 30.3 Å². The summed E-state index contributed by atoms with van der Waals surface area (Å²) in [6.07, 6.45) is 14.2. The van der Waals surface area contributed by atoms with Gasteiger partial charge < -0.3 is 4.74 Å². The second-order valence-corrected chi connectivity index (χ2v) is 6.37. The third kappa shape index (κ3) is 5.67. The molecule has 1 aromatic rings. The topological polar surface area (TPSA) is 9.23 Å². The molecule has 1 aliphatic carbocycles. The van der Waals surface area contributed by atoms with Gasteiger partial charge in [-0.2, -0.15) is 0 Å². The molecule has 0 heterocycles. The van der Waals surface area contributed by atoms with Crippen molar-refractivity contribution in [2.45, 2.75) is 64.9 Å². The molecule has 0 aromatic heterocycles. The van der Waals surface area contributed by atoms with Crippen molar-refractivity contribution < 1.29 is 4.74 Å². The minimum atomic E-state index is 0.504. The molecule has 0 saturated heterocycles. The highest BCUT2D eigenvalue weighted by molar-refractivity contribution is 5.49. The Morgan fingerprint density at radius 3 is 2.71 bits per heavy atom. The minimum absolute atomic E-state index is 0.504. The Bertz CT molecular complexity index is 418. The van der Waals surface area contributed by atoms with E-state index in [9.17, 15) is 0 Å². The van der Waals surface area contributed by atoms with Gasteiger partial charge in [0.1, 0.15) is 0 Å². The molecule has 1 aromatic carbocycles. The maximum atomic E-state index is 6.10. The highest BCUT2D eigenvalue weighted by Gasteiger charge is 2.26. The summed E-state index contributed by atoms with van der Waals surface area (Å²) < 4.78 is 6.10. The Morgan fingerprint density at radius 2 is 1.95 bits per heavy atom. The molecular weight excluding hydrogens is 256 g/mol. The number of unbranched alkanes of at least 4 members (excludes halogenated alkanes) is 2. The van der Waals surface area contributed by atoms with Crippen LogP contribution in [0, 0.1) is 12.8 Å². The Hall–Kier alpha value is -1.08. The van der Waals surface area contributed by atoms with E-state index in [-0.39, 0.29) is 0 Å². The van der Waals surface area contributed by atoms with Gasteiger partial charge in [0.15, 0.2) is 0 Å². The summed E-state index contributed by atoms with van der Waals surface area (Å²) in [4.78, 5) is 0. The highest BCUT2D eigenvalue weighted by Crippen LogP contribution is 2.32. The second-order valence-electron chi connectivity index (χ2n) is 6.37. The molecule has 116 valence electrons. The predicted molar refractivity (Wildman–Crippen MR) is 91.4 cm³/mol. The molecule has 0 unspecified atom stereocenters. The van der Waals surface area contributed by atoms with Gasteiger partial charge in [-0.25, -0.2) is 0 Å². The lowest BCUT2D eigenvalue weighted by molar-refractivity contribution is 0.0430. The van der Waals surface area contributed by atoms with Crippen molar-refractivity contribution in [3.63, 3.8) is 0 Å². The standard InChI is InChI=1S/C20H30O/c1-3-4-5-9-19-10-6-11-20(19)21-16-7-8-18-14-12-17(2)13-15-18/h7-8,12-15,19-20H,3-6,9-11,16H2,1-2H3/b8-7+/t19-,20+/m0/s1. The first-order chi connectivity index (χ1) is 10.3. The van der Waals surface area contributed by atoms with Crippen LogP contribution in [0.2, 0.25) is 0 Å². The average Bonchev–Trinajstić information content (AvgIpc) is 2.93. The van der Waals surface area contributed by atoms with E-state index in [0.29, 0.717) is 6.10 Å². The van der Waals surface area contributed by atoms with Crippen LogP contribution in [0.5, 0.6) is 0 Å². The molecule has 0 radical (unpaired) electrons. The second kappa shape index (κ2) is 9.04. The molecule has 0 amide bonds. The lowest BCUT2D eigenvalue weighted by Crippen LogP contribution is -2.18. The average molecular weight is 286 g/mol. The molecule has 0 aliphatic heterocycles. The fraction of sp³-hybridized carbons (Fsp3) is 0.600. The molecule has 2 rings (SSSR count). The summed E-state index contributed by atoms with van der Waals surface area (Å²) in [5, 5.41) is 0. The van der Waals surface area contributed by atoms with Gasteiger partial charge in [0.2, 0.25) is 0 Å². The fourth-order valence-electron chi connectivity index (χ4n) is 3.25. The first kappa shape index (κ1) is 16.3. The van der Waals surface area contributed by atoms with Crippen molar-refractivity contribution >= 4 is 6.08 Å². The molecule has 1 aliphatic rings. The van der Waals surface area contributed by atoms with Gasteiger partial charge in [-0.1, -0.05) is 74.6 Å². The Labute approximate surface area is 130 Å². The van der Waals surface area contributed by atoms with Crippen LogP contribution in [-0.2, 0) is 4.74 Å². The Kier molecular flexibility index (Phi) is 7.02. The monoisotopic (exact) mass is 286 g/mol. The van der Waals surface area contributed by atoms with Gasteiger partial charge in [-0.05, 0) is 37.7 Å². The number of hydrogen-bond donors (Lipinski definition) is 0. The first-order valence-electron chi connectivity index (χ1n) is 8.64. The number of aryl methyl sites for hydroxylation is 1. The maximum Gasteiger partial charge on any atom is 0.0654 e. The zero-order valence-corrected chi connectivity index (χ0v) is 13.7. The zero-order valence-electron chi connectivity index (χ0n) is 13.7. The summed E-state index contributed by atoms with van der Waals surface area (Å²) in [7, 11) is 0. The van der Waals surface area contributed by atoms with Crippen molar-refractivity contribution in [2.24, 2.45) is 5.92 Å². The summed E-state index contributed by atoms with van der Waals surface area (Å²) in [6.45, 7) is 5.15. The van der Waals surface area contributed by atoms with Crippen molar-refractivity contribution in [1.29, 1.82) is 0 Å². The fourth-order valence-corrected chi connectivity index (χ4v) is 3.25. The van der Waals surface area contributed by atoms with E-state index in [0.717, 1.165) is 12.5 Å². The summed E-state index contributed by atoms with van der Waals surface area (Å²) >= 11 is 0. The molecule has 1 fully saturated rings. The molecule has 0 bridgehead atoms. The molecule has 21 heavy (non-hydrogen) atoms. The van der Waals surface area contributed by atoms with Crippen LogP contribution in [0.25, 0.3) is 6.08 Å². The quantitative estimate of drug-likeness (QED) is 0.551. The maximum absolute atomic E-state index is 6.10. The van der Waals surface area contributed by atoms with E-state index in [2.05, 4.69) is 50.3 Å². The van der Waals surface area contributed by atoms with Gasteiger partial charge in [-0.15, -0.1) is 0 Å². The normalized spacial score (nSPS) is 22.2. The summed E-state index contributed by atoms with van der Waals surface area (Å²) in [5.41, 5.74) is 2.57. The van der Waals surface area contributed by atoms with E-state index in [4.69, 9.17) is 4.74 Å². The predicted octanol–water partition coefficient (Wildman–Crippen LogP) is 5.77. The van der Waals surface area contributed by atoms with E-state index in [1.54, 1.807) is 0 Å².